The van der Waals surface area contributed by atoms with Gasteiger partial charge in [-0.1, -0.05) is 0 Å². The third kappa shape index (κ3) is 9.19. The Balaban J connectivity index is 0.000000211. The fraction of sp³-hybridized carbons (Fsp3) is 0.237. The van der Waals surface area contributed by atoms with Gasteiger partial charge in [0.1, 0.15) is 24.2 Å². The van der Waals surface area contributed by atoms with E-state index in [0.29, 0.717) is 58.0 Å². The maximum atomic E-state index is 14.9. The maximum Gasteiger partial charge on any atom is 0.340 e. The molecular formula is C38H39F2N9O6. The first-order valence-electron chi connectivity index (χ1n) is 16.7. The van der Waals surface area contributed by atoms with E-state index in [1.807, 2.05) is 4.57 Å². The standard InChI is InChI=1S/C20H21FN4O3.C18H18FN5O3/c1-12-14(10-25-8-7-23-11-25)9-24-19(18(12)21)28-16-6-5-15(22-3)17(13(16)2)20(26)27-4;1-11-4-13(6-14(16(11)20-2)18(25)26-3)27-17-15(19)5-12(7-22-17)8-24-10-21-9-23-24/h5-9,11,22H,10H2,1-4H3;4-7,9-10,20H,8H2,1-3H3. The van der Waals surface area contributed by atoms with Crippen molar-refractivity contribution in [2.24, 2.45) is 0 Å². The summed E-state index contributed by atoms with van der Waals surface area (Å²) in [5.74, 6) is -1.93. The number of hydrogen-bond donors (Lipinski definition) is 2. The molecule has 6 aromatic rings. The Bertz CT molecular complexity index is 2280. The molecule has 0 spiro atoms. The van der Waals surface area contributed by atoms with Gasteiger partial charge in [-0.05, 0) is 73.4 Å². The molecule has 15 nitrogen and oxygen atoms in total. The number of nitrogens with zero attached hydrogens (tertiary/aromatic N) is 7. The molecule has 0 radical (unpaired) electrons. The fourth-order valence-corrected chi connectivity index (χ4v) is 5.54. The van der Waals surface area contributed by atoms with Crippen LogP contribution in [0.3, 0.4) is 0 Å². The van der Waals surface area contributed by atoms with Crippen LogP contribution in [0.2, 0.25) is 0 Å². The van der Waals surface area contributed by atoms with Gasteiger partial charge in [-0.3, -0.25) is 0 Å². The molecule has 17 heteroatoms. The Hall–Kier alpha value is -6.91. The Kier molecular flexibility index (Phi) is 12.7. The van der Waals surface area contributed by atoms with Crippen LogP contribution in [0.4, 0.5) is 20.2 Å². The number of ether oxygens (including phenoxy) is 4. The average Bonchev–Trinajstić information content (AvgIpc) is 3.90. The number of nitrogens with one attached hydrogen (secondary N) is 2. The van der Waals surface area contributed by atoms with Gasteiger partial charge in [0.15, 0.2) is 11.6 Å². The summed E-state index contributed by atoms with van der Waals surface area (Å²) >= 11 is 0. The average molecular weight is 756 g/mol. The lowest BCUT2D eigenvalue weighted by molar-refractivity contribution is 0.0592. The third-order valence-electron chi connectivity index (χ3n) is 8.38. The molecule has 286 valence electrons. The molecule has 0 saturated heterocycles. The van der Waals surface area contributed by atoms with Crippen molar-refractivity contribution in [3.05, 3.63) is 125 Å². The number of halogens is 2. The molecule has 0 saturated carbocycles. The highest BCUT2D eigenvalue weighted by Crippen LogP contribution is 2.34. The summed E-state index contributed by atoms with van der Waals surface area (Å²) in [4.78, 5) is 40.1. The summed E-state index contributed by atoms with van der Waals surface area (Å²) < 4.78 is 53.5. The number of methoxy groups -OCH3 is 2. The van der Waals surface area contributed by atoms with Crippen molar-refractivity contribution in [1.29, 1.82) is 0 Å². The van der Waals surface area contributed by atoms with E-state index in [9.17, 15) is 18.4 Å². The molecule has 0 amide bonds. The Labute approximate surface area is 315 Å². The number of benzene rings is 2. The fourth-order valence-electron chi connectivity index (χ4n) is 5.54. The molecule has 0 aliphatic heterocycles. The Morgan fingerprint density at radius 3 is 2.24 bits per heavy atom. The van der Waals surface area contributed by atoms with E-state index in [0.717, 1.165) is 11.1 Å². The van der Waals surface area contributed by atoms with Gasteiger partial charge in [0, 0.05) is 50.1 Å². The van der Waals surface area contributed by atoms with Crippen LogP contribution in [0.15, 0.2) is 74.1 Å². The van der Waals surface area contributed by atoms with Crippen molar-refractivity contribution < 1.29 is 37.3 Å². The molecule has 2 N–H and O–H groups in total. The molecule has 0 fully saturated rings. The first kappa shape index (κ1) is 39.3. The maximum absolute atomic E-state index is 14.9. The van der Waals surface area contributed by atoms with Crippen molar-refractivity contribution in [1.82, 2.24) is 34.3 Å². The highest BCUT2D eigenvalue weighted by Gasteiger charge is 2.21. The second-order valence-corrected chi connectivity index (χ2v) is 11.9. The summed E-state index contributed by atoms with van der Waals surface area (Å²) in [7, 11) is 5.99. The number of hydrogen-bond acceptors (Lipinski definition) is 13. The van der Waals surface area contributed by atoms with E-state index in [-0.39, 0.29) is 17.5 Å². The van der Waals surface area contributed by atoms with Gasteiger partial charge in [-0.25, -0.2) is 43.0 Å². The predicted octanol–water partition coefficient (Wildman–Crippen LogP) is 6.49. The number of anilines is 2. The zero-order chi connectivity index (χ0) is 39.6. The van der Waals surface area contributed by atoms with Crippen LogP contribution >= 0.6 is 0 Å². The molecule has 55 heavy (non-hydrogen) atoms. The van der Waals surface area contributed by atoms with E-state index in [1.165, 1.54) is 45.2 Å². The van der Waals surface area contributed by atoms with Crippen LogP contribution in [0.1, 0.15) is 48.5 Å². The van der Waals surface area contributed by atoms with Gasteiger partial charge in [0.05, 0.1) is 50.5 Å². The van der Waals surface area contributed by atoms with Crippen LogP contribution in [0.25, 0.3) is 0 Å². The van der Waals surface area contributed by atoms with Crippen molar-refractivity contribution in [3.8, 4) is 23.3 Å². The number of rotatable bonds is 12. The number of imidazole rings is 1. The zero-order valence-electron chi connectivity index (χ0n) is 31.2. The summed E-state index contributed by atoms with van der Waals surface area (Å²) in [6.07, 6.45) is 11.1. The SMILES string of the molecule is CNc1c(C)cc(Oc2ncc(Cn3cncn3)cc2F)cc1C(=O)OC.CNc1ccc(Oc2ncc(Cn3ccnc3)c(C)c2F)c(C)c1C(=O)OC. The van der Waals surface area contributed by atoms with Gasteiger partial charge in [-0.15, -0.1) is 0 Å². The quantitative estimate of drug-likeness (QED) is 0.130. The number of aromatic nitrogens is 7. The number of aryl methyl sites for hydroxylation is 1. The molecule has 6 rings (SSSR count). The largest absolute Gasteiger partial charge is 0.465 e. The first-order chi connectivity index (χ1) is 26.5. The first-order valence-corrected chi connectivity index (χ1v) is 16.7. The highest BCUT2D eigenvalue weighted by molar-refractivity contribution is 5.98. The summed E-state index contributed by atoms with van der Waals surface area (Å²) in [5.41, 5.74) is 4.88. The minimum absolute atomic E-state index is 0.150. The van der Waals surface area contributed by atoms with Crippen molar-refractivity contribution in [3.63, 3.8) is 0 Å². The predicted molar refractivity (Wildman–Crippen MR) is 198 cm³/mol. The van der Waals surface area contributed by atoms with Crippen LogP contribution in [-0.2, 0) is 22.6 Å². The van der Waals surface area contributed by atoms with Crippen molar-refractivity contribution in [2.75, 3.05) is 38.9 Å². The molecule has 0 atom stereocenters. The second kappa shape index (κ2) is 17.7. The number of carbonyl (C=O) groups excluding carboxylic acids is 2. The smallest absolute Gasteiger partial charge is 0.340 e. The van der Waals surface area contributed by atoms with Crippen molar-refractivity contribution in [2.45, 2.75) is 33.9 Å². The Morgan fingerprint density at radius 1 is 0.836 bits per heavy atom. The molecule has 0 aliphatic carbocycles. The Morgan fingerprint density at radius 2 is 1.60 bits per heavy atom. The van der Waals surface area contributed by atoms with Crippen LogP contribution < -0.4 is 20.1 Å². The zero-order valence-corrected chi connectivity index (χ0v) is 31.2. The van der Waals surface area contributed by atoms with E-state index < -0.39 is 23.6 Å². The van der Waals surface area contributed by atoms with Crippen LogP contribution in [-0.4, -0.2) is 74.5 Å². The topological polar surface area (TPSA) is 169 Å². The molecule has 2 aromatic carbocycles. The van der Waals surface area contributed by atoms with Crippen molar-refractivity contribution >= 4 is 23.3 Å². The minimum atomic E-state index is -0.623. The second-order valence-electron chi connectivity index (χ2n) is 11.9. The normalized spacial score (nSPS) is 10.6. The van der Waals surface area contributed by atoms with E-state index in [2.05, 4.69) is 35.7 Å². The number of pyridine rings is 2. The van der Waals surface area contributed by atoms with Gasteiger partial charge in [0.25, 0.3) is 11.8 Å². The number of esters is 2. The summed E-state index contributed by atoms with van der Waals surface area (Å²) in [6, 6.07) is 7.81. The lowest BCUT2D eigenvalue weighted by atomic mass is 10.1. The molecule has 0 unspecified atom stereocenters. The molecular weight excluding hydrogens is 716 g/mol. The molecule has 4 heterocycles. The lowest BCUT2D eigenvalue weighted by Gasteiger charge is -2.16. The minimum Gasteiger partial charge on any atom is -0.465 e. The van der Waals surface area contributed by atoms with Gasteiger partial charge in [0.2, 0.25) is 0 Å². The van der Waals surface area contributed by atoms with Gasteiger partial charge >= 0.3 is 11.9 Å². The monoisotopic (exact) mass is 755 g/mol. The van der Waals surface area contributed by atoms with Crippen LogP contribution in [0, 0.1) is 32.4 Å². The van der Waals surface area contributed by atoms with Crippen LogP contribution in [0.5, 0.6) is 23.3 Å². The highest BCUT2D eigenvalue weighted by atomic mass is 19.1. The van der Waals surface area contributed by atoms with E-state index in [4.69, 9.17) is 18.9 Å². The summed E-state index contributed by atoms with van der Waals surface area (Å²) in [5, 5.41) is 9.85. The molecule has 0 bridgehead atoms. The molecule has 4 aromatic heterocycles. The summed E-state index contributed by atoms with van der Waals surface area (Å²) in [6.45, 7) is 5.98. The van der Waals surface area contributed by atoms with Gasteiger partial charge in [-0.2, -0.15) is 5.10 Å². The van der Waals surface area contributed by atoms with Gasteiger partial charge < -0.3 is 34.1 Å². The number of carbonyl (C=O) groups is 2. The van der Waals surface area contributed by atoms with E-state index >= 15 is 0 Å². The van der Waals surface area contributed by atoms with E-state index in [1.54, 1.807) is 82.7 Å². The third-order valence-corrected chi connectivity index (χ3v) is 8.38. The lowest BCUT2D eigenvalue weighted by Crippen LogP contribution is -2.09. The molecule has 0 aliphatic rings.